The van der Waals surface area contributed by atoms with Gasteiger partial charge in [0.05, 0.1) is 0 Å². The lowest BCUT2D eigenvalue weighted by Gasteiger charge is -2.28. The van der Waals surface area contributed by atoms with Gasteiger partial charge in [0.1, 0.15) is 13.1 Å². The van der Waals surface area contributed by atoms with Crippen LogP contribution < -0.4 is 5.32 Å². The summed E-state index contributed by atoms with van der Waals surface area (Å²) in [5.41, 5.74) is 2.96. The van der Waals surface area contributed by atoms with Crippen LogP contribution in [0.3, 0.4) is 0 Å². The molecule has 2 nitrogen and oxygen atoms in total. The van der Waals surface area contributed by atoms with E-state index < -0.39 is 5.60 Å². The highest BCUT2D eigenvalue weighted by Crippen LogP contribution is 2.30. The smallest absolute Gasteiger partial charge is 0.163 e. The maximum atomic E-state index is 11.5. The molecule has 3 N–H and O–H groups in total. The number of benzene rings is 3. The molecule has 26 heavy (non-hydrogen) atoms. The molecule has 0 fully saturated rings. The average molecular weight is 387 g/mol. The molecule has 0 aliphatic rings. The first kappa shape index (κ1) is 18.9. The van der Waals surface area contributed by atoms with Crippen molar-refractivity contribution < 1.29 is 10.4 Å². The highest BCUT2D eigenvalue weighted by Gasteiger charge is 2.33. The van der Waals surface area contributed by atoms with Crippen LogP contribution in [0.15, 0.2) is 72.8 Å². The second-order valence-electron chi connectivity index (χ2n) is 6.56. The Balaban J connectivity index is 1.83. The van der Waals surface area contributed by atoms with Gasteiger partial charge in [-0.3, -0.25) is 0 Å². The number of nitrogens with two attached hydrogens (primary N) is 1. The molecule has 0 unspecified atom stereocenters. The molecule has 0 bridgehead atoms. The topological polar surface area (TPSA) is 36.8 Å². The van der Waals surface area contributed by atoms with Gasteiger partial charge in [-0.05, 0) is 42.3 Å². The van der Waals surface area contributed by atoms with Crippen LogP contribution >= 0.6 is 23.2 Å². The fourth-order valence-electron chi connectivity index (χ4n) is 3.03. The van der Waals surface area contributed by atoms with Crippen LogP contribution in [0.1, 0.15) is 22.3 Å². The Morgan fingerprint density at radius 1 is 0.769 bits per heavy atom. The van der Waals surface area contributed by atoms with Gasteiger partial charge in [0.25, 0.3) is 0 Å². The number of hydrogen-bond donors (Lipinski definition) is 2. The van der Waals surface area contributed by atoms with E-state index in [1.807, 2.05) is 24.3 Å². The third-order valence-electron chi connectivity index (χ3n) is 4.58. The lowest BCUT2D eigenvalue weighted by atomic mass is 9.86. The van der Waals surface area contributed by atoms with E-state index in [0.717, 1.165) is 17.7 Å². The second-order valence-corrected chi connectivity index (χ2v) is 7.43. The molecule has 3 aromatic rings. The molecule has 4 heteroatoms. The van der Waals surface area contributed by atoms with Crippen LogP contribution in [0, 0.1) is 6.92 Å². The number of quaternary nitrogens is 1. The molecule has 0 heterocycles. The van der Waals surface area contributed by atoms with Crippen molar-refractivity contribution in [2.24, 2.45) is 0 Å². The van der Waals surface area contributed by atoms with Gasteiger partial charge in [0.2, 0.25) is 0 Å². The van der Waals surface area contributed by atoms with Gasteiger partial charge in [-0.15, -0.1) is 0 Å². The molecule has 0 saturated heterocycles. The van der Waals surface area contributed by atoms with E-state index in [1.54, 1.807) is 24.3 Å². The predicted molar refractivity (Wildman–Crippen MR) is 108 cm³/mol. The third-order valence-corrected chi connectivity index (χ3v) is 5.09. The van der Waals surface area contributed by atoms with Crippen LogP contribution in [0.5, 0.6) is 0 Å². The Kier molecular flexibility index (Phi) is 6.00. The summed E-state index contributed by atoms with van der Waals surface area (Å²) in [7, 11) is 0. The molecule has 0 aliphatic heterocycles. The first-order chi connectivity index (χ1) is 12.5. The summed E-state index contributed by atoms with van der Waals surface area (Å²) >= 11 is 12.0. The molecule has 0 amide bonds. The fourth-order valence-corrected chi connectivity index (χ4v) is 3.28. The van der Waals surface area contributed by atoms with Gasteiger partial charge in [-0.2, -0.15) is 0 Å². The zero-order valence-corrected chi connectivity index (χ0v) is 16.1. The van der Waals surface area contributed by atoms with Crippen molar-refractivity contribution in [3.63, 3.8) is 0 Å². The summed E-state index contributed by atoms with van der Waals surface area (Å²) in [5, 5.41) is 15.0. The maximum Gasteiger partial charge on any atom is 0.163 e. The Labute approximate surface area is 164 Å². The van der Waals surface area contributed by atoms with E-state index in [-0.39, 0.29) is 0 Å². The Bertz CT molecular complexity index is 797. The molecule has 0 radical (unpaired) electrons. The summed E-state index contributed by atoms with van der Waals surface area (Å²) in [6.45, 7) is 3.36. The highest BCUT2D eigenvalue weighted by molar-refractivity contribution is 6.30. The van der Waals surface area contributed by atoms with Crippen molar-refractivity contribution in [3.8, 4) is 0 Å². The second kappa shape index (κ2) is 8.24. The van der Waals surface area contributed by atoms with E-state index in [2.05, 4.69) is 36.5 Å². The quantitative estimate of drug-likeness (QED) is 0.650. The van der Waals surface area contributed by atoms with Gasteiger partial charge < -0.3 is 10.4 Å². The first-order valence-corrected chi connectivity index (χ1v) is 9.35. The van der Waals surface area contributed by atoms with Crippen molar-refractivity contribution in [1.82, 2.24) is 0 Å². The zero-order chi connectivity index (χ0) is 18.6. The zero-order valence-electron chi connectivity index (χ0n) is 14.6. The van der Waals surface area contributed by atoms with Gasteiger partial charge in [-0.25, -0.2) is 0 Å². The van der Waals surface area contributed by atoms with Crippen LogP contribution in [-0.4, -0.2) is 11.7 Å². The van der Waals surface area contributed by atoms with Crippen LogP contribution in [-0.2, 0) is 12.1 Å². The number of hydrogen-bond acceptors (Lipinski definition) is 1. The highest BCUT2D eigenvalue weighted by atomic mass is 35.5. The van der Waals surface area contributed by atoms with Gasteiger partial charge >= 0.3 is 0 Å². The van der Waals surface area contributed by atoms with E-state index in [0.29, 0.717) is 16.6 Å². The summed E-state index contributed by atoms with van der Waals surface area (Å²) < 4.78 is 0. The first-order valence-electron chi connectivity index (χ1n) is 8.59. The van der Waals surface area contributed by atoms with Crippen molar-refractivity contribution >= 4 is 23.2 Å². The maximum absolute atomic E-state index is 11.5. The van der Waals surface area contributed by atoms with Crippen LogP contribution in [0.2, 0.25) is 10.0 Å². The number of aryl methyl sites for hydroxylation is 1. The molecule has 3 aromatic carbocycles. The van der Waals surface area contributed by atoms with Crippen LogP contribution in [0.4, 0.5) is 0 Å². The monoisotopic (exact) mass is 386 g/mol. The molecule has 0 spiro atoms. The summed E-state index contributed by atoms with van der Waals surface area (Å²) in [4.78, 5) is 0. The Hall–Kier alpha value is -1.84. The average Bonchev–Trinajstić information content (AvgIpc) is 2.64. The number of rotatable bonds is 6. The van der Waals surface area contributed by atoms with Crippen molar-refractivity contribution in [3.05, 3.63) is 105 Å². The summed E-state index contributed by atoms with van der Waals surface area (Å²) in [6.07, 6.45) is 0. The lowest BCUT2D eigenvalue weighted by molar-refractivity contribution is -0.682. The van der Waals surface area contributed by atoms with E-state index >= 15 is 0 Å². The molecular weight excluding hydrogens is 365 g/mol. The standard InChI is InChI=1S/C22H21Cl2NO/c1-16-2-4-17(5-3-16)14-25-15-22(26,18-6-10-20(23)11-7-18)19-8-12-21(24)13-9-19/h2-13,25-26H,14-15H2,1H3/p+1. The van der Waals surface area contributed by atoms with Crippen molar-refractivity contribution in [1.29, 1.82) is 0 Å². The van der Waals surface area contributed by atoms with E-state index in [4.69, 9.17) is 23.2 Å². The predicted octanol–water partition coefficient (Wildman–Crippen LogP) is 4.30. The minimum Gasteiger partial charge on any atom is -0.375 e. The van der Waals surface area contributed by atoms with Crippen molar-refractivity contribution in [2.75, 3.05) is 6.54 Å². The Morgan fingerprint density at radius 3 is 1.69 bits per heavy atom. The molecule has 134 valence electrons. The molecule has 0 aromatic heterocycles. The molecule has 0 atom stereocenters. The largest absolute Gasteiger partial charge is 0.375 e. The molecular formula is C22H22Cl2NO+. The summed E-state index contributed by atoms with van der Waals surface area (Å²) in [5.74, 6) is 0. The van der Waals surface area contributed by atoms with Crippen molar-refractivity contribution in [2.45, 2.75) is 19.1 Å². The van der Waals surface area contributed by atoms with Gasteiger partial charge in [-0.1, -0.05) is 77.3 Å². The normalized spacial score (nSPS) is 11.5. The molecule has 3 rings (SSSR count). The minimum atomic E-state index is -1.13. The molecule has 0 aliphatic carbocycles. The lowest BCUT2D eigenvalue weighted by Crippen LogP contribution is -2.86. The SMILES string of the molecule is Cc1ccc(C[NH2+]CC(O)(c2ccc(Cl)cc2)c2ccc(Cl)cc2)cc1. The Morgan fingerprint density at radius 2 is 1.23 bits per heavy atom. The molecule has 0 saturated carbocycles. The number of aliphatic hydroxyl groups is 1. The van der Waals surface area contributed by atoms with Gasteiger partial charge in [0, 0.05) is 15.6 Å². The summed E-state index contributed by atoms with van der Waals surface area (Å²) in [6, 6.07) is 23.2. The minimum absolute atomic E-state index is 0.490. The fraction of sp³-hybridized carbons (Fsp3) is 0.182. The third kappa shape index (κ3) is 4.46. The number of halogens is 2. The van der Waals surface area contributed by atoms with E-state index in [9.17, 15) is 5.11 Å². The van der Waals surface area contributed by atoms with Gasteiger partial charge in [0.15, 0.2) is 5.60 Å². The van der Waals surface area contributed by atoms with Crippen LogP contribution in [0.25, 0.3) is 0 Å². The van der Waals surface area contributed by atoms with E-state index in [1.165, 1.54) is 11.1 Å².